The van der Waals surface area contributed by atoms with E-state index in [1.807, 2.05) is 6.08 Å². The van der Waals surface area contributed by atoms with Crippen molar-refractivity contribution in [3.8, 4) is 0 Å². The molecule has 0 bridgehead atoms. The number of unbranched alkanes of at least 4 members (excludes halogenated alkanes) is 9. The van der Waals surface area contributed by atoms with Crippen molar-refractivity contribution in [2.75, 3.05) is 19.3 Å². The minimum atomic E-state index is -3.94. The van der Waals surface area contributed by atoms with Crippen LogP contribution in [0.15, 0.2) is 12.2 Å². The molecule has 0 heterocycles. The van der Waals surface area contributed by atoms with E-state index in [0.29, 0.717) is 6.54 Å². The molecule has 0 unspecified atom stereocenters. The zero-order valence-electron chi connectivity index (χ0n) is 15.4. The molecule has 142 valence electrons. The summed E-state index contributed by atoms with van der Waals surface area (Å²) in [7, 11) is -2.31. The van der Waals surface area contributed by atoms with Crippen LogP contribution in [0.3, 0.4) is 0 Å². The van der Waals surface area contributed by atoms with E-state index >= 15 is 0 Å². The maximum absolute atomic E-state index is 11.8. The van der Waals surface area contributed by atoms with Gasteiger partial charge in [0.15, 0.2) is 0 Å². The Labute approximate surface area is 148 Å². The number of rotatable bonds is 15. The van der Waals surface area contributed by atoms with Gasteiger partial charge in [0.05, 0.1) is 5.75 Å². The van der Waals surface area contributed by atoms with Crippen molar-refractivity contribution in [3.05, 3.63) is 12.2 Å². The molecule has 0 aliphatic heterocycles. The van der Waals surface area contributed by atoms with E-state index in [2.05, 4.69) is 6.92 Å². The van der Waals surface area contributed by atoms with Gasteiger partial charge < -0.3 is 4.90 Å². The topological polar surface area (TPSA) is 74.7 Å². The molecule has 0 rings (SSSR count). The van der Waals surface area contributed by atoms with Crippen molar-refractivity contribution in [2.45, 2.75) is 77.6 Å². The van der Waals surface area contributed by atoms with Crippen molar-refractivity contribution >= 4 is 16.0 Å². The van der Waals surface area contributed by atoms with E-state index in [1.54, 1.807) is 13.1 Å². The molecule has 5 nitrogen and oxygen atoms in total. The molecule has 0 saturated carbocycles. The highest BCUT2D eigenvalue weighted by atomic mass is 32.2. The molecule has 0 saturated heterocycles. The van der Waals surface area contributed by atoms with Crippen molar-refractivity contribution in [1.29, 1.82) is 0 Å². The molecule has 0 aliphatic carbocycles. The summed E-state index contributed by atoms with van der Waals surface area (Å²) < 4.78 is 29.9. The van der Waals surface area contributed by atoms with E-state index in [-0.39, 0.29) is 18.1 Å². The van der Waals surface area contributed by atoms with Gasteiger partial charge in [-0.2, -0.15) is 8.42 Å². The average molecular weight is 362 g/mol. The first-order valence-electron chi connectivity index (χ1n) is 9.23. The van der Waals surface area contributed by atoms with Crippen molar-refractivity contribution in [1.82, 2.24) is 4.90 Å². The second-order valence-electron chi connectivity index (χ2n) is 6.42. The summed E-state index contributed by atoms with van der Waals surface area (Å²) in [6, 6.07) is 0. The Balaban J connectivity index is 3.56. The van der Waals surface area contributed by atoms with Crippen LogP contribution >= 0.6 is 0 Å². The van der Waals surface area contributed by atoms with Crippen LogP contribution in [0.2, 0.25) is 0 Å². The summed E-state index contributed by atoms with van der Waals surface area (Å²) >= 11 is 0. The highest BCUT2D eigenvalue weighted by Crippen LogP contribution is 2.10. The minimum Gasteiger partial charge on any atom is -0.342 e. The number of amides is 1. The predicted molar refractivity (Wildman–Crippen MR) is 99.7 cm³/mol. The summed E-state index contributed by atoms with van der Waals surface area (Å²) in [5.74, 6) is -0.437. The van der Waals surface area contributed by atoms with Crippen LogP contribution in [0.1, 0.15) is 77.6 Å². The largest absolute Gasteiger partial charge is 0.342 e. The molecule has 0 aromatic heterocycles. The number of hydrogen-bond acceptors (Lipinski definition) is 3. The molecule has 1 amide bonds. The molecular weight excluding hydrogens is 326 g/mol. The third-order valence-corrected chi connectivity index (χ3v) is 4.81. The zero-order valence-corrected chi connectivity index (χ0v) is 16.2. The highest BCUT2D eigenvalue weighted by Gasteiger charge is 2.08. The van der Waals surface area contributed by atoms with Gasteiger partial charge in [-0.3, -0.25) is 9.35 Å². The summed E-state index contributed by atoms with van der Waals surface area (Å²) in [6.07, 6.45) is 16.2. The maximum atomic E-state index is 11.8. The molecule has 0 atom stereocenters. The minimum absolute atomic E-state index is 0.124. The van der Waals surface area contributed by atoms with Gasteiger partial charge in [-0.05, 0) is 25.3 Å². The van der Waals surface area contributed by atoms with Gasteiger partial charge in [-0.25, -0.2) is 0 Å². The molecule has 0 aromatic carbocycles. The van der Waals surface area contributed by atoms with E-state index in [0.717, 1.165) is 12.8 Å². The van der Waals surface area contributed by atoms with E-state index in [9.17, 15) is 13.2 Å². The van der Waals surface area contributed by atoms with Crippen LogP contribution in [0.5, 0.6) is 0 Å². The SMILES string of the molecule is CCCCCCCCCCC/C=C/C(=O)N(C)CCCS(=O)(=O)O. The lowest BCUT2D eigenvalue weighted by Crippen LogP contribution is -2.27. The summed E-state index contributed by atoms with van der Waals surface area (Å²) in [5, 5.41) is 0. The first-order chi connectivity index (χ1) is 11.4. The number of nitrogens with zero attached hydrogens (tertiary/aromatic N) is 1. The molecule has 0 aliphatic rings. The fourth-order valence-electron chi connectivity index (χ4n) is 2.48. The number of likely N-dealkylation sites (N-methyl/N-ethyl adjacent to an activating group) is 1. The lowest BCUT2D eigenvalue weighted by atomic mass is 10.1. The number of carbonyl (C=O) groups excluding carboxylic acids is 1. The second-order valence-corrected chi connectivity index (χ2v) is 7.99. The first kappa shape index (κ1) is 23.1. The molecule has 6 heteroatoms. The normalized spacial score (nSPS) is 12.0. The fraction of sp³-hybridized carbons (Fsp3) is 0.833. The van der Waals surface area contributed by atoms with Gasteiger partial charge in [0.2, 0.25) is 5.91 Å². The Kier molecular flexibility index (Phi) is 13.9. The van der Waals surface area contributed by atoms with Crippen LogP contribution in [0, 0.1) is 0 Å². The third-order valence-electron chi connectivity index (χ3n) is 4.01. The lowest BCUT2D eigenvalue weighted by Gasteiger charge is -2.14. The molecular formula is C18H35NO4S. The third kappa shape index (κ3) is 16.0. The lowest BCUT2D eigenvalue weighted by molar-refractivity contribution is -0.124. The van der Waals surface area contributed by atoms with Gasteiger partial charge >= 0.3 is 0 Å². The smallest absolute Gasteiger partial charge is 0.264 e. The number of hydrogen-bond donors (Lipinski definition) is 1. The maximum Gasteiger partial charge on any atom is 0.264 e. The average Bonchev–Trinajstić information content (AvgIpc) is 2.51. The predicted octanol–water partition coefficient (Wildman–Crippen LogP) is 4.20. The first-order valence-corrected chi connectivity index (χ1v) is 10.8. The standard InChI is InChI=1S/C18H35NO4S/c1-3-4-5-6-7-8-9-10-11-12-13-15-18(20)19(2)16-14-17-24(21,22)23/h13,15H,3-12,14,16-17H2,1-2H3,(H,21,22,23)/b15-13+. The molecule has 1 N–H and O–H groups in total. The Morgan fingerprint density at radius 1 is 0.958 bits per heavy atom. The fourth-order valence-corrected chi connectivity index (χ4v) is 2.97. The molecule has 0 spiro atoms. The van der Waals surface area contributed by atoms with Crippen LogP contribution in [0.25, 0.3) is 0 Å². The van der Waals surface area contributed by atoms with E-state index in [1.165, 1.54) is 56.3 Å². The van der Waals surface area contributed by atoms with Crippen LogP contribution in [-0.4, -0.2) is 43.1 Å². The molecule has 24 heavy (non-hydrogen) atoms. The molecule has 0 aromatic rings. The van der Waals surface area contributed by atoms with E-state index in [4.69, 9.17) is 4.55 Å². The Hall–Kier alpha value is -0.880. The van der Waals surface area contributed by atoms with Crippen molar-refractivity contribution < 1.29 is 17.8 Å². The van der Waals surface area contributed by atoms with Gasteiger partial charge in [0.25, 0.3) is 10.1 Å². The van der Waals surface area contributed by atoms with Gasteiger partial charge in [0.1, 0.15) is 0 Å². The van der Waals surface area contributed by atoms with Gasteiger partial charge in [-0.15, -0.1) is 0 Å². The van der Waals surface area contributed by atoms with Crippen molar-refractivity contribution in [3.63, 3.8) is 0 Å². The zero-order chi connectivity index (χ0) is 18.3. The van der Waals surface area contributed by atoms with Gasteiger partial charge in [0, 0.05) is 13.6 Å². The van der Waals surface area contributed by atoms with Gasteiger partial charge in [-0.1, -0.05) is 64.4 Å². The van der Waals surface area contributed by atoms with Crippen LogP contribution in [0.4, 0.5) is 0 Å². The second kappa shape index (κ2) is 14.5. The molecule has 0 radical (unpaired) electrons. The summed E-state index contributed by atoms with van der Waals surface area (Å²) in [4.78, 5) is 13.3. The monoisotopic (exact) mass is 361 g/mol. The number of allylic oxidation sites excluding steroid dienone is 1. The van der Waals surface area contributed by atoms with Crippen molar-refractivity contribution in [2.24, 2.45) is 0 Å². The Bertz CT molecular complexity index is 446. The highest BCUT2D eigenvalue weighted by molar-refractivity contribution is 7.85. The summed E-state index contributed by atoms with van der Waals surface area (Å²) in [5.41, 5.74) is 0. The molecule has 0 fully saturated rings. The summed E-state index contributed by atoms with van der Waals surface area (Å²) in [6.45, 7) is 2.55. The van der Waals surface area contributed by atoms with Crippen LogP contribution in [-0.2, 0) is 14.9 Å². The van der Waals surface area contributed by atoms with E-state index < -0.39 is 10.1 Å². The Morgan fingerprint density at radius 3 is 2.04 bits per heavy atom. The van der Waals surface area contributed by atoms with Crippen LogP contribution < -0.4 is 0 Å². The Morgan fingerprint density at radius 2 is 1.50 bits per heavy atom. The number of carbonyl (C=O) groups is 1. The quantitative estimate of drug-likeness (QED) is 0.269.